The van der Waals surface area contributed by atoms with Crippen LogP contribution in [0.4, 0.5) is 0 Å². The average Bonchev–Trinajstić information content (AvgIpc) is 2.53. The van der Waals surface area contributed by atoms with Crippen molar-refractivity contribution in [2.24, 2.45) is 0 Å². The van der Waals surface area contributed by atoms with Crippen LogP contribution in [0.2, 0.25) is 0 Å². The molecule has 0 bridgehead atoms. The fourth-order valence-corrected chi connectivity index (χ4v) is 3.42. The second kappa shape index (κ2) is 19.9. The van der Waals surface area contributed by atoms with Crippen LogP contribution in [0, 0.1) is 0 Å². The van der Waals surface area contributed by atoms with Crippen LogP contribution in [-0.4, -0.2) is 10.5 Å². The third-order valence-corrected chi connectivity index (χ3v) is 5.09. The van der Waals surface area contributed by atoms with Crippen molar-refractivity contribution in [3.8, 4) is 0 Å². The van der Waals surface area contributed by atoms with Gasteiger partial charge in [0.15, 0.2) is 0 Å². The molecule has 0 aromatic carbocycles. The molecule has 0 aromatic rings. The van der Waals surface area contributed by atoms with Crippen molar-refractivity contribution >= 4 is 10.8 Å². The molecule has 0 heterocycles. The maximum absolute atomic E-state index is 10.8. The molecular formula is C21H42OS. The molecule has 0 spiro atoms. The van der Waals surface area contributed by atoms with Crippen LogP contribution >= 0.6 is 0 Å². The Hall–Kier alpha value is -0.110. The summed E-state index contributed by atoms with van der Waals surface area (Å²) in [5.41, 5.74) is 0. The molecule has 0 fully saturated rings. The Morgan fingerprint density at radius 1 is 0.609 bits per heavy atom. The van der Waals surface area contributed by atoms with Crippen LogP contribution < -0.4 is 0 Å². The maximum atomic E-state index is 10.8. The van der Waals surface area contributed by atoms with Gasteiger partial charge in [0.25, 0.3) is 0 Å². The highest BCUT2D eigenvalue weighted by Gasteiger charge is 1.94. The molecule has 0 aliphatic rings. The molecule has 0 amide bonds. The van der Waals surface area contributed by atoms with Gasteiger partial charge in [0.1, 0.15) is 0 Å². The highest BCUT2D eigenvalue weighted by molar-refractivity contribution is 7.87. The van der Waals surface area contributed by atoms with E-state index >= 15 is 0 Å². The van der Waals surface area contributed by atoms with Gasteiger partial charge in [-0.2, -0.15) is 0 Å². The standard InChI is InChI=1S/C21H42OS/c1-3-4-5-6-7-8-9-10-11-12-13-14-15-16-17-18-19-20-21-23(2)22/h20-21H,3-19H2,1-2H3/b21-20+. The van der Waals surface area contributed by atoms with Crippen LogP contribution in [0.3, 0.4) is 0 Å². The average molecular weight is 343 g/mol. The number of rotatable bonds is 18. The van der Waals surface area contributed by atoms with Crippen LogP contribution in [-0.2, 0) is 10.8 Å². The largest absolute Gasteiger partial charge is 0.255 e. The fraction of sp³-hybridized carbons (Fsp3) is 0.905. The Labute approximate surface area is 149 Å². The van der Waals surface area contributed by atoms with E-state index in [1.807, 2.05) is 5.41 Å². The third-order valence-electron chi connectivity index (χ3n) is 4.51. The molecule has 138 valence electrons. The first kappa shape index (κ1) is 22.9. The SMILES string of the molecule is CCCCCCCCCCCCCCCCCC/C=C/S(C)=O. The van der Waals surface area contributed by atoms with Gasteiger partial charge in [-0.3, -0.25) is 4.21 Å². The zero-order chi connectivity index (χ0) is 17.0. The van der Waals surface area contributed by atoms with E-state index in [-0.39, 0.29) is 0 Å². The zero-order valence-corrected chi connectivity index (χ0v) is 16.8. The molecule has 0 radical (unpaired) electrons. The topological polar surface area (TPSA) is 17.1 Å². The lowest BCUT2D eigenvalue weighted by atomic mass is 10.0. The molecule has 0 aliphatic carbocycles. The van der Waals surface area contributed by atoms with Gasteiger partial charge in [0, 0.05) is 17.1 Å². The van der Waals surface area contributed by atoms with E-state index in [2.05, 4.69) is 13.0 Å². The van der Waals surface area contributed by atoms with Gasteiger partial charge >= 0.3 is 0 Å². The molecule has 1 unspecified atom stereocenters. The van der Waals surface area contributed by atoms with Gasteiger partial charge < -0.3 is 0 Å². The van der Waals surface area contributed by atoms with Crippen molar-refractivity contribution in [2.45, 2.75) is 116 Å². The minimum atomic E-state index is -0.765. The van der Waals surface area contributed by atoms with Crippen LogP contribution in [0.5, 0.6) is 0 Å². The van der Waals surface area contributed by atoms with E-state index in [9.17, 15) is 4.21 Å². The predicted octanol–water partition coefficient (Wildman–Crippen LogP) is 7.53. The van der Waals surface area contributed by atoms with E-state index in [1.165, 1.54) is 103 Å². The summed E-state index contributed by atoms with van der Waals surface area (Å²) < 4.78 is 10.8. The number of allylic oxidation sites excluding steroid dienone is 1. The molecule has 0 rings (SSSR count). The third kappa shape index (κ3) is 21.9. The zero-order valence-electron chi connectivity index (χ0n) is 16.0. The normalized spacial score (nSPS) is 13.0. The fourth-order valence-electron chi connectivity index (χ4n) is 3.01. The Kier molecular flexibility index (Phi) is 19.8. The summed E-state index contributed by atoms with van der Waals surface area (Å²) in [6, 6.07) is 0. The van der Waals surface area contributed by atoms with Gasteiger partial charge in [-0.05, 0) is 18.2 Å². The molecule has 0 N–H and O–H groups in total. The van der Waals surface area contributed by atoms with Gasteiger partial charge in [0.2, 0.25) is 0 Å². The van der Waals surface area contributed by atoms with Crippen molar-refractivity contribution in [2.75, 3.05) is 6.26 Å². The first-order valence-corrected chi connectivity index (χ1v) is 11.9. The van der Waals surface area contributed by atoms with E-state index in [0.717, 1.165) is 6.42 Å². The summed E-state index contributed by atoms with van der Waals surface area (Å²) in [6.07, 6.45) is 27.5. The highest BCUT2D eigenvalue weighted by Crippen LogP contribution is 2.14. The molecule has 23 heavy (non-hydrogen) atoms. The number of hydrogen-bond donors (Lipinski definition) is 0. The van der Waals surface area contributed by atoms with Crippen molar-refractivity contribution in [3.05, 3.63) is 11.5 Å². The Morgan fingerprint density at radius 2 is 0.957 bits per heavy atom. The first-order valence-electron chi connectivity index (χ1n) is 10.3. The lowest BCUT2D eigenvalue weighted by molar-refractivity contribution is 0.530. The molecule has 1 atom stereocenters. The molecule has 0 saturated carbocycles. The molecule has 0 saturated heterocycles. The quantitative estimate of drug-likeness (QED) is 0.235. The van der Waals surface area contributed by atoms with Crippen LogP contribution in [0.25, 0.3) is 0 Å². The van der Waals surface area contributed by atoms with Crippen molar-refractivity contribution in [3.63, 3.8) is 0 Å². The summed E-state index contributed by atoms with van der Waals surface area (Å²) in [6.45, 7) is 2.29. The van der Waals surface area contributed by atoms with Gasteiger partial charge in [-0.15, -0.1) is 0 Å². The summed E-state index contributed by atoms with van der Waals surface area (Å²) >= 11 is 0. The molecule has 2 heteroatoms. The van der Waals surface area contributed by atoms with E-state index in [0.29, 0.717) is 0 Å². The summed E-state index contributed by atoms with van der Waals surface area (Å²) in [4.78, 5) is 0. The monoisotopic (exact) mass is 342 g/mol. The second-order valence-corrected chi connectivity index (χ2v) is 8.23. The molecule has 1 nitrogen and oxygen atoms in total. The van der Waals surface area contributed by atoms with Crippen molar-refractivity contribution in [1.82, 2.24) is 0 Å². The Morgan fingerprint density at radius 3 is 1.30 bits per heavy atom. The van der Waals surface area contributed by atoms with Crippen molar-refractivity contribution < 1.29 is 4.21 Å². The minimum Gasteiger partial charge on any atom is -0.255 e. The van der Waals surface area contributed by atoms with Gasteiger partial charge in [-0.25, -0.2) is 0 Å². The highest BCUT2D eigenvalue weighted by atomic mass is 32.2. The molecular weight excluding hydrogens is 300 g/mol. The predicted molar refractivity (Wildman–Crippen MR) is 107 cm³/mol. The van der Waals surface area contributed by atoms with Gasteiger partial charge in [-0.1, -0.05) is 109 Å². The Balaban J connectivity index is 3.01. The Bertz CT molecular complexity index is 273. The van der Waals surface area contributed by atoms with E-state index in [4.69, 9.17) is 0 Å². The van der Waals surface area contributed by atoms with Crippen molar-refractivity contribution in [1.29, 1.82) is 0 Å². The molecule has 0 aliphatic heterocycles. The molecule has 0 aromatic heterocycles. The minimum absolute atomic E-state index is 0.765. The lowest BCUT2D eigenvalue weighted by Gasteiger charge is -2.03. The summed E-state index contributed by atoms with van der Waals surface area (Å²) in [5, 5.41) is 1.81. The number of unbranched alkanes of at least 4 members (excludes halogenated alkanes) is 16. The smallest absolute Gasteiger partial charge is 0.0421 e. The van der Waals surface area contributed by atoms with Crippen LogP contribution in [0.15, 0.2) is 11.5 Å². The lowest BCUT2D eigenvalue weighted by Crippen LogP contribution is -1.83. The maximum Gasteiger partial charge on any atom is 0.0421 e. The summed E-state index contributed by atoms with van der Waals surface area (Å²) in [5.74, 6) is 0. The van der Waals surface area contributed by atoms with Gasteiger partial charge in [0.05, 0.1) is 0 Å². The van der Waals surface area contributed by atoms with E-state index in [1.54, 1.807) is 6.26 Å². The van der Waals surface area contributed by atoms with E-state index < -0.39 is 10.8 Å². The number of hydrogen-bond acceptors (Lipinski definition) is 1. The second-order valence-electron chi connectivity index (χ2n) is 6.96. The first-order chi connectivity index (χ1) is 11.3. The van der Waals surface area contributed by atoms with Crippen LogP contribution in [0.1, 0.15) is 116 Å². The summed E-state index contributed by atoms with van der Waals surface area (Å²) in [7, 11) is -0.765.